The third-order valence-corrected chi connectivity index (χ3v) is 5.25. The summed E-state index contributed by atoms with van der Waals surface area (Å²) in [6, 6.07) is 16.1. The van der Waals surface area contributed by atoms with Crippen molar-refractivity contribution in [3.8, 4) is 0 Å². The molecule has 2 rings (SSSR count). The van der Waals surface area contributed by atoms with Gasteiger partial charge in [0.05, 0.1) is 5.02 Å². The first-order valence-electron chi connectivity index (χ1n) is 9.32. The van der Waals surface area contributed by atoms with Gasteiger partial charge in [0.1, 0.15) is 18.2 Å². The fourth-order valence-electron chi connectivity index (χ4n) is 2.38. The number of benzene rings is 2. The first-order chi connectivity index (χ1) is 13.7. The molecule has 29 heavy (non-hydrogen) atoms. The lowest BCUT2D eigenvalue weighted by molar-refractivity contribution is -0.147. The molecule has 1 atom stereocenters. The Bertz CT molecular complexity index is 808. The molecule has 0 aromatic heterocycles. The standard InChI is InChI=1S/C22H26ClNO4S/c1-22(2,3)28-21(26)24-18(13-14-29-19-12-8-7-11-17(19)23)20(25)27-15-16-9-5-4-6-10-16/h4-12,18H,13-15H2,1-3H3,(H,24,26)/t18-/m1/s1. The molecule has 5 nitrogen and oxygen atoms in total. The molecule has 1 N–H and O–H groups in total. The summed E-state index contributed by atoms with van der Waals surface area (Å²) in [5.74, 6) is 0.0736. The van der Waals surface area contributed by atoms with Crippen molar-refractivity contribution in [2.45, 2.75) is 50.3 Å². The average molecular weight is 436 g/mol. The predicted octanol–water partition coefficient (Wildman–Crippen LogP) is 5.46. The number of hydrogen-bond acceptors (Lipinski definition) is 5. The van der Waals surface area contributed by atoms with Crippen molar-refractivity contribution in [3.05, 3.63) is 65.2 Å². The highest BCUT2D eigenvalue weighted by Crippen LogP contribution is 2.27. The number of carbonyl (C=O) groups excluding carboxylic acids is 2. The van der Waals surface area contributed by atoms with Gasteiger partial charge in [0, 0.05) is 10.6 Å². The van der Waals surface area contributed by atoms with Crippen LogP contribution in [-0.2, 0) is 20.9 Å². The third-order valence-electron chi connectivity index (χ3n) is 3.70. The molecule has 1 amide bonds. The van der Waals surface area contributed by atoms with Gasteiger partial charge in [0.25, 0.3) is 0 Å². The quantitative estimate of drug-likeness (QED) is 0.440. The Balaban J connectivity index is 1.96. The lowest BCUT2D eigenvalue weighted by Gasteiger charge is -2.23. The van der Waals surface area contributed by atoms with Crippen LogP contribution in [0.25, 0.3) is 0 Å². The van der Waals surface area contributed by atoms with Gasteiger partial charge in [-0.25, -0.2) is 9.59 Å². The van der Waals surface area contributed by atoms with E-state index in [0.717, 1.165) is 10.5 Å². The first-order valence-corrected chi connectivity index (χ1v) is 10.7. The van der Waals surface area contributed by atoms with Gasteiger partial charge >= 0.3 is 12.1 Å². The Morgan fingerprint density at radius 2 is 1.72 bits per heavy atom. The van der Waals surface area contributed by atoms with E-state index in [-0.39, 0.29) is 6.61 Å². The number of esters is 1. The SMILES string of the molecule is CC(C)(C)OC(=O)N[C@H](CCSc1ccccc1Cl)C(=O)OCc1ccccc1. The van der Waals surface area contributed by atoms with E-state index in [2.05, 4.69) is 5.32 Å². The van der Waals surface area contributed by atoms with Crippen LogP contribution in [-0.4, -0.2) is 29.5 Å². The van der Waals surface area contributed by atoms with Crippen LogP contribution < -0.4 is 5.32 Å². The highest BCUT2D eigenvalue weighted by molar-refractivity contribution is 7.99. The molecule has 0 heterocycles. The van der Waals surface area contributed by atoms with Gasteiger partial charge in [-0.1, -0.05) is 54.1 Å². The average Bonchev–Trinajstić information content (AvgIpc) is 2.66. The fraction of sp³-hybridized carbons (Fsp3) is 0.364. The second-order valence-electron chi connectivity index (χ2n) is 7.36. The molecular weight excluding hydrogens is 410 g/mol. The Hall–Kier alpha value is -2.18. The number of ether oxygens (including phenoxy) is 2. The van der Waals surface area contributed by atoms with Crippen molar-refractivity contribution in [1.82, 2.24) is 5.32 Å². The van der Waals surface area contributed by atoms with Gasteiger partial charge in [-0.05, 0) is 44.9 Å². The molecule has 156 valence electrons. The Labute approximate surface area is 181 Å². The maximum absolute atomic E-state index is 12.6. The molecule has 0 radical (unpaired) electrons. The first kappa shape index (κ1) is 23.1. The number of amides is 1. The topological polar surface area (TPSA) is 64.6 Å². The molecule has 0 saturated heterocycles. The second-order valence-corrected chi connectivity index (χ2v) is 8.90. The van der Waals surface area contributed by atoms with Crippen LogP contribution >= 0.6 is 23.4 Å². The van der Waals surface area contributed by atoms with E-state index in [9.17, 15) is 9.59 Å². The number of nitrogens with one attached hydrogen (secondary N) is 1. The molecule has 2 aromatic carbocycles. The molecule has 0 fully saturated rings. The van der Waals surface area contributed by atoms with Crippen molar-refractivity contribution in [3.63, 3.8) is 0 Å². The number of rotatable bonds is 8. The summed E-state index contributed by atoms with van der Waals surface area (Å²) in [7, 11) is 0. The van der Waals surface area contributed by atoms with Gasteiger partial charge in [-0.2, -0.15) is 0 Å². The minimum atomic E-state index is -0.816. The summed E-state index contributed by atoms with van der Waals surface area (Å²) in [6.45, 7) is 5.44. The number of alkyl carbamates (subject to hydrolysis) is 1. The molecule has 0 spiro atoms. The van der Waals surface area contributed by atoms with Gasteiger partial charge in [-0.3, -0.25) is 0 Å². The smallest absolute Gasteiger partial charge is 0.408 e. The lowest BCUT2D eigenvalue weighted by Crippen LogP contribution is -2.44. The third kappa shape index (κ3) is 8.79. The summed E-state index contributed by atoms with van der Waals surface area (Å²) >= 11 is 7.69. The molecule has 2 aromatic rings. The Morgan fingerprint density at radius 1 is 1.07 bits per heavy atom. The zero-order valence-corrected chi connectivity index (χ0v) is 18.4. The minimum Gasteiger partial charge on any atom is -0.459 e. The summed E-state index contributed by atoms with van der Waals surface area (Å²) < 4.78 is 10.7. The van der Waals surface area contributed by atoms with Crippen molar-refractivity contribution in [2.24, 2.45) is 0 Å². The lowest BCUT2D eigenvalue weighted by atomic mass is 10.2. The minimum absolute atomic E-state index is 0.143. The van der Waals surface area contributed by atoms with E-state index >= 15 is 0 Å². The van der Waals surface area contributed by atoms with Crippen molar-refractivity contribution in [2.75, 3.05) is 5.75 Å². The largest absolute Gasteiger partial charge is 0.459 e. The molecule has 0 bridgehead atoms. The predicted molar refractivity (Wildman–Crippen MR) is 116 cm³/mol. The van der Waals surface area contributed by atoms with E-state index < -0.39 is 23.7 Å². The van der Waals surface area contributed by atoms with Crippen LogP contribution in [0, 0.1) is 0 Å². The van der Waals surface area contributed by atoms with E-state index in [1.54, 1.807) is 20.8 Å². The number of hydrogen-bond donors (Lipinski definition) is 1. The van der Waals surface area contributed by atoms with E-state index in [4.69, 9.17) is 21.1 Å². The fourth-order valence-corrected chi connectivity index (χ4v) is 3.63. The highest BCUT2D eigenvalue weighted by Gasteiger charge is 2.25. The number of thioether (sulfide) groups is 1. The zero-order valence-electron chi connectivity index (χ0n) is 16.8. The Kier molecular flexibility index (Phi) is 8.86. The highest BCUT2D eigenvalue weighted by atomic mass is 35.5. The summed E-state index contributed by atoms with van der Waals surface area (Å²) in [5, 5.41) is 3.28. The maximum atomic E-state index is 12.6. The van der Waals surface area contributed by atoms with Gasteiger partial charge < -0.3 is 14.8 Å². The van der Waals surface area contributed by atoms with Crippen LogP contribution in [0.4, 0.5) is 4.79 Å². The summed E-state index contributed by atoms with van der Waals surface area (Å²) in [6.07, 6.45) is -0.273. The van der Waals surface area contributed by atoms with E-state index in [1.165, 1.54) is 11.8 Å². The Morgan fingerprint density at radius 3 is 2.38 bits per heavy atom. The molecular formula is C22H26ClNO4S. The molecule has 0 aliphatic carbocycles. The molecule has 7 heteroatoms. The molecule has 0 unspecified atom stereocenters. The van der Waals surface area contributed by atoms with E-state index in [0.29, 0.717) is 17.2 Å². The van der Waals surface area contributed by atoms with Gasteiger partial charge in [0.2, 0.25) is 0 Å². The van der Waals surface area contributed by atoms with Gasteiger partial charge in [-0.15, -0.1) is 11.8 Å². The number of halogens is 1. The normalized spacial score (nSPS) is 12.1. The van der Waals surface area contributed by atoms with Crippen LogP contribution in [0.5, 0.6) is 0 Å². The molecule has 0 aliphatic heterocycles. The second kappa shape index (κ2) is 11.1. The van der Waals surface area contributed by atoms with Crippen molar-refractivity contribution >= 4 is 35.4 Å². The van der Waals surface area contributed by atoms with Crippen molar-refractivity contribution in [1.29, 1.82) is 0 Å². The van der Waals surface area contributed by atoms with E-state index in [1.807, 2.05) is 54.6 Å². The maximum Gasteiger partial charge on any atom is 0.408 e. The van der Waals surface area contributed by atoms with Crippen LogP contribution in [0.3, 0.4) is 0 Å². The monoisotopic (exact) mass is 435 g/mol. The van der Waals surface area contributed by atoms with Crippen LogP contribution in [0.2, 0.25) is 5.02 Å². The van der Waals surface area contributed by atoms with Crippen LogP contribution in [0.1, 0.15) is 32.8 Å². The van der Waals surface area contributed by atoms with Gasteiger partial charge in [0.15, 0.2) is 0 Å². The summed E-state index contributed by atoms with van der Waals surface area (Å²) in [5.41, 5.74) is 0.219. The zero-order chi connectivity index (χ0) is 21.3. The van der Waals surface area contributed by atoms with Crippen LogP contribution in [0.15, 0.2) is 59.5 Å². The van der Waals surface area contributed by atoms with Crippen molar-refractivity contribution < 1.29 is 19.1 Å². The molecule has 0 saturated carbocycles. The summed E-state index contributed by atoms with van der Waals surface area (Å²) in [4.78, 5) is 25.7. The molecule has 0 aliphatic rings. The number of carbonyl (C=O) groups is 2.